The lowest BCUT2D eigenvalue weighted by Crippen LogP contribution is -2.28. The molecule has 0 aliphatic carbocycles. The van der Waals surface area contributed by atoms with E-state index in [4.69, 9.17) is 9.47 Å². The van der Waals surface area contributed by atoms with Gasteiger partial charge < -0.3 is 9.47 Å². The average Bonchev–Trinajstić information content (AvgIpc) is 2.71. The van der Waals surface area contributed by atoms with Crippen LogP contribution in [0.2, 0.25) is 0 Å². The van der Waals surface area contributed by atoms with Gasteiger partial charge >= 0.3 is 0 Å². The fraction of sp³-hybridized carbons (Fsp3) is 1.00. The minimum Gasteiger partial charge on any atom is -0.383 e. The van der Waals surface area contributed by atoms with Crippen LogP contribution in [0.4, 0.5) is 0 Å². The number of rotatable bonds is 3. The Kier molecular flexibility index (Phi) is 6.22. The molecule has 2 aliphatic rings. The minimum absolute atomic E-state index is 0.519. The van der Waals surface area contributed by atoms with Gasteiger partial charge in [0.2, 0.25) is 0 Å². The standard InChI is InChI=1S/C10H19NO2.C2H6/c1-12-6-4-11-7-9-3-2-5-13-10(9)8-11;1-2/h9-10H,2-8H2,1H3;1-2H3. The van der Waals surface area contributed by atoms with Crippen molar-refractivity contribution in [2.24, 2.45) is 5.92 Å². The average molecular weight is 215 g/mol. The lowest BCUT2D eigenvalue weighted by atomic mass is 9.98. The summed E-state index contributed by atoms with van der Waals surface area (Å²) in [6.07, 6.45) is 3.12. The fourth-order valence-corrected chi connectivity index (χ4v) is 2.38. The highest BCUT2D eigenvalue weighted by molar-refractivity contribution is 4.86. The predicted molar refractivity (Wildman–Crippen MR) is 62.1 cm³/mol. The maximum absolute atomic E-state index is 5.73. The first-order valence-corrected chi connectivity index (χ1v) is 6.23. The van der Waals surface area contributed by atoms with Crippen molar-refractivity contribution in [3.63, 3.8) is 0 Å². The van der Waals surface area contributed by atoms with Gasteiger partial charge in [-0.1, -0.05) is 13.8 Å². The molecular weight excluding hydrogens is 190 g/mol. The molecule has 0 saturated carbocycles. The Hall–Kier alpha value is -0.120. The third kappa shape index (κ3) is 3.74. The highest BCUT2D eigenvalue weighted by atomic mass is 16.5. The van der Waals surface area contributed by atoms with E-state index in [1.54, 1.807) is 7.11 Å². The quantitative estimate of drug-likeness (QED) is 0.716. The van der Waals surface area contributed by atoms with Crippen LogP contribution in [-0.2, 0) is 9.47 Å². The first-order chi connectivity index (χ1) is 7.40. The van der Waals surface area contributed by atoms with Gasteiger partial charge in [-0.3, -0.25) is 4.90 Å². The number of hydrogen-bond donors (Lipinski definition) is 0. The number of ether oxygens (including phenoxy) is 2. The van der Waals surface area contributed by atoms with E-state index in [9.17, 15) is 0 Å². The number of fused-ring (bicyclic) bond motifs is 1. The van der Waals surface area contributed by atoms with Gasteiger partial charge in [-0.15, -0.1) is 0 Å². The lowest BCUT2D eigenvalue weighted by molar-refractivity contribution is -0.00139. The molecule has 2 saturated heterocycles. The largest absolute Gasteiger partial charge is 0.383 e. The molecule has 0 aromatic rings. The Morgan fingerprint density at radius 2 is 2.13 bits per heavy atom. The second kappa shape index (κ2) is 7.20. The Morgan fingerprint density at radius 1 is 1.33 bits per heavy atom. The molecule has 3 heteroatoms. The van der Waals surface area contributed by atoms with Crippen LogP contribution in [0, 0.1) is 5.92 Å². The molecule has 0 amide bonds. The van der Waals surface area contributed by atoms with Crippen molar-refractivity contribution >= 4 is 0 Å². The molecule has 0 radical (unpaired) electrons. The Balaban J connectivity index is 0.000000531. The first kappa shape index (κ1) is 12.9. The number of hydrogen-bond acceptors (Lipinski definition) is 3. The molecule has 90 valence electrons. The van der Waals surface area contributed by atoms with Gasteiger partial charge in [0.25, 0.3) is 0 Å². The van der Waals surface area contributed by atoms with E-state index in [2.05, 4.69) is 4.90 Å². The van der Waals surface area contributed by atoms with Crippen molar-refractivity contribution < 1.29 is 9.47 Å². The van der Waals surface area contributed by atoms with E-state index in [1.807, 2.05) is 13.8 Å². The Morgan fingerprint density at radius 3 is 2.80 bits per heavy atom. The molecule has 2 heterocycles. The van der Waals surface area contributed by atoms with Crippen LogP contribution in [-0.4, -0.2) is 51.0 Å². The van der Waals surface area contributed by atoms with Gasteiger partial charge in [0.1, 0.15) is 0 Å². The molecule has 0 aromatic carbocycles. The van der Waals surface area contributed by atoms with E-state index in [0.29, 0.717) is 6.10 Å². The molecule has 0 bridgehead atoms. The summed E-state index contributed by atoms with van der Waals surface area (Å²) in [7, 11) is 1.76. The van der Waals surface area contributed by atoms with E-state index >= 15 is 0 Å². The Labute approximate surface area is 93.7 Å². The van der Waals surface area contributed by atoms with Gasteiger partial charge in [-0.05, 0) is 18.8 Å². The highest BCUT2D eigenvalue weighted by Gasteiger charge is 2.34. The molecule has 0 N–H and O–H groups in total. The normalized spacial score (nSPS) is 30.6. The maximum atomic E-state index is 5.73. The van der Waals surface area contributed by atoms with Crippen molar-refractivity contribution in [3.05, 3.63) is 0 Å². The van der Waals surface area contributed by atoms with Crippen molar-refractivity contribution in [2.45, 2.75) is 32.8 Å². The van der Waals surface area contributed by atoms with Crippen LogP contribution in [0.1, 0.15) is 26.7 Å². The molecule has 3 nitrogen and oxygen atoms in total. The monoisotopic (exact) mass is 215 g/mol. The van der Waals surface area contributed by atoms with Crippen LogP contribution in [0.25, 0.3) is 0 Å². The summed E-state index contributed by atoms with van der Waals surface area (Å²) in [5, 5.41) is 0. The topological polar surface area (TPSA) is 21.7 Å². The SMILES string of the molecule is CC.COCCN1CC2CCCOC2C1. The third-order valence-electron chi connectivity index (χ3n) is 3.12. The smallest absolute Gasteiger partial charge is 0.0742 e. The zero-order chi connectivity index (χ0) is 11.1. The van der Waals surface area contributed by atoms with Crippen LogP contribution in [0.15, 0.2) is 0 Å². The third-order valence-corrected chi connectivity index (χ3v) is 3.12. The van der Waals surface area contributed by atoms with Crippen molar-refractivity contribution in [2.75, 3.05) is 40.0 Å². The molecule has 2 atom stereocenters. The molecule has 15 heavy (non-hydrogen) atoms. The van der Waals surface area contributed by atoms with Gasteiger partial charge in [0.15, 0.2) is 0 Å². The van der Waals surface area contributed by atoms with Crippen LogP contribution < -0.4 is 0 Å². The van der Waals surface area contributed by atoms with E-state index in [-0.39, 0.29) is 0 Å². The zero-order valence-corrected chi connectivity index (χ0v) is 10.4. The molecule has 2 aliphatic heterocycles. The zero-order valence-electron chi connectivity index (χ0n) is 10.4. The van der Waals surface area contributed by atoms with Gasteiger partial charge in [-0.2, -0.15) is 0 Å². The van der Waals surface area contributed by atoms with Crippen LogP contribution >= 0.6 is 0 Å². The highest BCUT2D eigenvalue weighted by Crippen LogP contribution is 2.27. The van der Waals surface area contributed by atoms with Crippen molar-refractivity contribution in [1.29, 1.82) is 0 Å². The molecular formula is C12H25NO2. The summed E-state index contributed by atoms with van der Waals surface area (Å²) in [6, 6.07) is 0. The number of likely N-dealkylation sites (tertiary alicyclic amines) is 1. The van der Waals surface area contributed by atoms with Gasteiger partial charge in [0.05, 0.1) is 12.7 Å². The van der Waals surface area contributed by atoms with Crippen LogP contribution in [0.3, 0.4) is 0 Å². The van der Waals surface area contributed by atoms with Crippen LogP contribution in [0.5, 0.6) is 0 Å². The molecule has 2 rings (SSSR count). The van der Waals surface area contributed by atoms with Crippen molar-refractivity contribution in [3.8, 4) is 0 Å². The van der Waals surface area contributed by atoms with Gasteiger partial charge in [-0.25, -0.2) is 0 Å². The fourth-order valence-electron chi connectivity index (χ4n) is 2.38. The van der Waals surface area contributed by atoms with Gasteiger partial charge in [0, 0.05) is 33.4 Å². The summed E-state index contributed by atoms with van der Waals surface area (Å²) < 4.78 is 10.8. The summed E-state index contributed by atoms with van der Waals surface area (Å²) in [5.74, 6) is 0.797. The molecule has 2 unspecified atom stereocenters. The Bertz CT molecular complexity index is 150. The first-order valence-electron chi connectivity index (χ1n) is 6.23. The summed E-state index contributed by atoms with van der Waals surface area (Å²) in [4.78, 5) is 2.46. The summed E-state index contributed by atoms with van der Waals surface area (Å²) >= 11 is 0. The van der Waals surface area contributed by atoms with E-state index in [0.717, 1.165) is 32.2 Å². The molecule has 0 aromatic heterocycles. The van der Waals surface area contributed by atoms with E-state index in [1.165, 1.54) is 19.4 Å². The second-order valence-corrected chi connectivity index (χ2v) is 4.06. The predicted octanol–water partition coefficient (Wildman–Crippen LogP) is 1.77. The van der Waals surface area contributed by atoms with E-state index < -0.39 is 0 Å². The van der Waals surface area contributed by atoms with Crippen molar-refractivity contribution in [1.82, 2.24) is 4.90 Å². The number of nitrogens with zero attached hydrogens (tertiary/aromatic N) is 1. The molecule has 0 spiro atoms. The number of methoxy groups -OCH3 is 1. The minimum atomic E-state index is 0.519. The summed E-state index contributed by atoms with van der Waals surface area (Å²) in [6.45, 7) is 9.22. The lowest BCUT2D eigenvalue weighted by Gasteiger charge is -2.24. The second-order valence-electron chi connectivity index (χ2n) is 4.06. The molecule has 2 fully saturated rings. The maximum Gasteiger partial charge on any atom is 0.0742 e. The summed E-state index contributed by atoms with van der Waals surface area (Å²) in [5.41, 5.74) is 0.